The van der Waals surface area contributed by atoms with E-state index in [-0.39, 0.29) is 23.5 Å². The number of amides is 1. The van der Waals surface area contributed by atoms with Gasteiger partial charge >= 0.3 is 0 Å². The van der Waals surface area contributed by atoms with Crippen LogP contribution in [0.2, 0.25) is 0 Å². The van der Waals surface area contributed by atoms with Gasteiger partial charge < -0.3 is 15.4 Å². The maximum absolute atomic E-state index is 11.5. The van der Waals surface area contributed by atoms with E-state index >= 15 is 0 Å². The number of hydrogen-bond donors (Lipinski definition) is 2. The molecule has 0 aromatic carbocycles. The lowest BCUT2D eigenvalue weighted by Crippen LogP contribution is -2.54. The summed E-state index contributed by atoms with van der Waals surface area (Å²) in [4.78, 5) is 11.5. The van der Waals surface area contributed by atoms with Crippen molar-refractivity contribution in [3.63, 3.8) is 0 Å². The zero-order valence-electron chi connectivity index (χ0n) is 10.1. The van der Waals surface area contributed by atoms with Crippen molar-refractivity contribution < 1.29 is 9.53 Å². The van der Waals surface area contributed by atoms with Crippen LogP contribution in [0, 0.1) is 5.41 Å². The summed E-state index contributed by atoms with van der Waals surface area (Å²) in [5.41, 5.74) is 0.0507. The Balaban J connectivity index is 2.30. The van der Waals surface area contributed by atoms with Gasteiger partial charge in [0.15, 0.2) is 0 Å². The third-order valence-electron chi connectivity index (χ3n) is 2.85. The molecule has 2 atom stereocenters. The van der Waals surface area contributed by atoms with Gasteiger partial charge in [0.1, 0.15) is 0 Å². The van der Waals surface area contributed by atoms with E-state index in [1.165, 1.54) is 0 Å². The van der Waals surface area contributed by atoms with Crippen molar-refractivity contribution in [1.29, 1.82) is 0 Å². The summed E-state index contributed by atoms with van der Waals surface area (Å²) < 4.78 is 5.36. The monoisotopic (exact) mass is 214 g/mol. The average molecular weight is 214 g/mol. The van der Waals surface area contributed by atoms with Crippen LogP contribution < -0.4 is 10.6 Å². The molecule has 0 spiro atoms. The average Bonchev–Trinajstić information content (AvgIpc) is 1.99. The van der Waals surface area contributed by atoms with Gasteiger partial charge in [-0.25, -0.2) is 0 Å². The largest absolute Gasteiger partial charge is 0.379 e. The Bertz CT molecular complexity index is 219. The van der Waals surface area contributed by atoms with E-state index in [1.54, 1.807) is 7.11 Å². The molecule has 1 fully saturated rings. The summed E-state index contributed by atoms with van der Waals surface area (Å²) in [6, 6.07) is 0.0162. The molecule has 0 radical (unpaired) electrons. The smallest absolute Gasteiger partial charge is 0.237 e. The van der Waals surface area contributed by atoms with Crippen LogP contribution in [0.25, 0.3) is 0 Å². The lowest BCUT2D eigenvalue weighted by molar-refractivity contribution is -0.125. The number of rotatable bonds is 4. The van der Waals surface area contributed by atoms with Gasteiger partial charge in [-0.2, -0.15) is 0 Å². The SMILES string of the molecule is COC(CNC(=O)[C@H]1CCN1)C(C)(C)C. The third-order valence-corrected chi connectivity index (χ3v) is 2.85. The summed E-state index contributed by atoms with van der Waals surface area (Å²) in [5, 5.41) is 5.99. The van der Waals surface area contributed by atoms with Crippen molar-refractivity contribution in [2.75, 3.05) is 20.2 Å². The Hall–Kier alpha value is -0.610. The van der Waals surface area contributed by atoms with Gasteiger partial charge in [-0.15, -0.1) is 0 Å². The van der Waals surface area contributed by atoms with Crippen LogP contribution in [0.15, 0.2) is 0 Å². The van der Waals surface area contributed by atoms with E-state index in [4.69, 9.17) is 4.74 Å². The van der Waals surface area contributed by atoms with E-state index in [0.717, 1.165) is 13.0 Å². The molecule has 88 valence electrons. The summed E-state index contributed by atoms with van der Waals surface area (Å²) in [5.74, 6) is 0.0903. The van der Waals surface area contributed by atoms with Gasteiger partial charge in [0.25, 0.3) is 0 Å². The predicted molar refractivity (Wildman–Crippen MR) is 59.7 cm³/mol. The Labute approximate surface area is 91.8 Å². The second kappa shape index (κ2) is 4.94. The van der Waals surface area contributed by atoms with Gasteiger partial charge in [0, 0.05) is 13.7 Å². The lowest BCUT2D eigenvalue weighted by Gasteiger charge is -2.31. The highest BCUT2D eigenvalue weighted by atomic mass is 16.5. The first kappa shape index (κ1) is 12.5. The fourth-order valence-corrected chi connectivity index (χ4v) is 1.57. The number of ether oxygens (including phenoxy) is 1. The van der Waals surface area contributed by atoms with Gasteiger partial charge in [-0.3, -0.25) is 4.79 Å². The molecule has 2 N–H and O–H groups in total. The molecule has 15 heavy (non-hydrogen) atoms. The highest BCUT2D eigenvalue weighted by Crippen LogP contribution is 2.21. The number of carbonyl (C=O) groups excluding carboxylic acids is 1. The molecule has 1 amide bonds. The Morgan fingerprint density at radius 1 is 1.60 bits per heavy atom. The summed E-state index contributed by atoms with van der Waals surface area (Å²) in [7, 11) is 1.68. The van der Waals surface area contributed by atoms with E-state index in [9.17, 15) is 4.79 Å². The number of hydrogen-bond acceptors (Lipinski definition) is 3. The van der Waals surface area contributed by atoms with Gasteiger partial charge in [0.05, 0.1) is 12.1 Å². The maximum atomic E-state index is 11.5. The number of carbonyl (C=O) groups is 1. The highest BCUT2D eigenvalue weighted by Gasteiger charge is 2.28. The molecule has 1 heterocycles. The zero-order valence-corrected chi connectivity index (χ0v) is 10.1. The number of methoxy groups -OCH3 is 1. The molecule has 0 aromatic heterocycles. The van der Waals surface area contributed by atoms with Gasteiger partial charge in [-0.05, 0) is 18.4 Å². The summed E-state index contributed by atoms with van der Waals surface area (Å²) in [6.45, 7) is 7.85. The minimum absolute atomic E-state index is 0.0162. The highest BCUT2D eigenvalue weighted by molar-refractivity contribution is 5.82. The standard InChI is InChI=1S/C11H22N2O2/c1-11(2,3)9(15-4)7-13-10(14)8-5-6-12-8/h8-9,12H,5-7H2,1-4H3,(H,13,14)/t8-,9?/m1/s1. The molecule has 1 unspecified atom stereocenters. The number of nitrogens with one attached hydrogen (secondary N) is 2. The van der Waals surface area contributed by atoms with Crippen molar-refractivity contribution in [2.24, 2.45) is 5.41 Å². The maximum Gasteiger partial charge on any atom is 0.237 e. The van der Waals surface area contributed by atoms with Crippen LogP contribution in [0.5, 0.6) is 0 Å². The quantitative estimate of drug-likeness (QED) is 0.717. The van der Waals surface area contributed by atoms with Gasteiger partial charge in [0.2, 0.25) is 5.91 Å². The van der Waals surface area contributed by atoms with Gasteiger partial charge in [-0.1, -0.05) is 20.8 Å². The van der Waals surface area contributed by atoms with Crippen molar-refractivity contribution in [2.45, 2.75) is 39.3 Å². The molecule has 1 rings (SSSR count). The molecular weight excluding hydrogens is 192 g/mol. The van der Waals surface area contributed by atoms with E-state index < -0.39 is 0 Å². The van der Waals surface area contributed by atoms with Crippen LogP contribution >= 0.6 is 0 Å². The fourth-order valence-electron chi connectivity index (χ4n) is 1.57. The first-order valence-electron chi connectivity index (χ1n) is 5.49. The minimum Gasteiger partial charge on any atom is -0.379 e. The van der Waals surface area contributed by atoms with E-state index in [1.807, 2.05) is 0 Å². The minimum atomic E-state index is 0.0162. The van der Waals surface area contributed by atoms with Crippen molar-refractivity contribution in [3.8, 4) is 0 Å². The summed E-state index contributed by atoms with van der Waals surface area (Å²) in [6.07, 6.45) is 1.00. The Kier molecular flexibility index (Phi) is 4.11. The normalized spacial score (nSPS) is 23.1. The molecule has 0 aliphatic carbocycles. The molecule has 0 bridgehead atoms. The first-order valence-corrected chi connectivity index (χ1v) is 5.49. The molecule has 4 heteroatoms. The molecule has 0 saturated carbocycles. The molecule has 4 nitrogen and oxygen atoms in total. The van der Waals surface area contributed by atoms with Crippen molar-refractivity contribution in [1.82, 2.24) is 10.6 Å². The van der Waals surface area contributed by atoms with E-state index in [2.05, 4.69) is 31.4 Å². The van der Waals surface area contributed by atoms with Crippen molar-refractivity contribution in [3.05, 3.63) is 0 Å². The van der Waals surface area contributed by atoms with Crippen LogP contribution in [0.4, 0.5) is 0 Å². The molecule has 1 aliphatic rings. The van der Waals surface area contributed by atoms with Crippen molar-refractivity contribution >= 4 is 5.91 Å². The topological polar surface area (TPSA) is 50.4 Å². The first-order chi connectivity index (χ1) is 6.95. The zero-order chi connectivity index (χ0) is 11.5. The lowest BCUT2D eigenvalue weighted by atomic mass is 9.89. The van der Waals surface area contributed by atoms with Crippen LogP contribution in [0.3, 0.4) is 0 Å². The fraction of sp³-hybridized carbons (Fsp3) is 0.909. The third kappa shape index (κ3) is 3.47. The second-order valence-electron chi connectivity index (χ2n) is 5.13. The second-order valence-corrected chi connectivity index (χ2v) is 5.13. The predicted octanol–water partition coefficient (Wildman–Crippen LogP) is 0.526. The molecule has 0 aromatic rings. The Morgan fingerprint density at radius 3 is 2.53 bits per heavy atom. The summed E-state index contributed by atoms with van der Waals surface area (Å²) >= 11 is 0. The van der Waals surface area contributed by atoms with Crippen LogP contribution in [0.1, 0.15) is 27.2 Å². The Morgan fingerprint density at radius 2 is 2.20 bits per heavy atom. The molecule has 1 saturated heterocycles. The van der Waals surface area contributed by atoms with Crippen LogP contribution in [-0.4, -0.2) is 38.3 Å². The molecule has 1 aliphatic heterocycles. The molecular formula is C11H22N2O2. The van der Waals surface area contributed by atoms with E-state index in [0.29, 0.717) is 6.54 Å². The van der Waals surface area contributed by atoms with Crippen LogP contribution in [-0.2, 0) is 9.53 Å².